The zero-order valence-corrected chi connectivity index (χ0v) is 22.3. The van der Waals surface area contributed by atoms with Crippen LogP contribution in [0.3, 0.4) is 0 Å². The number of nitrogens with one attached hydrogen (secondary N) is 2. The van der Waals surface area contributed by atoms with Gasteiger partial charge in [0.25, 0.3) is 0 Å². The van der Waals surface area contributed by atoms with Crippen molar-refractivity contribution < 1.29 is 19.5 Å². The van der Waals surface area contributed by atoms with Crippen LogP contribution >= 0.6 is 11.8 Å². The van der Waals surface area contributed by atoms with Gasteiger partial charge in [-0.1, -0.05) is 55.2 Å². The fraction of sp³-hybridized carbons (Fsp3) is 0.654. The maximum absolute atomic E-state index is 12.6. The first-order valence-corrected chi connectivity index (χ1v) is 13.0. The summed E-state index contributed by atoms with van der Waals surface area (Å²) < 4.78 is 0. The fourth-order valence-corrected chi connectivity index (χ4v) is 4.08. The Balaban J connectivity index is 4.58. The molecule has 0 rings (SSSR count). The molecule has 0 fully saturated rings. The Hall–Kier alpha value is -2.02. The number of carbonyl (C=O) groups is 3. The Morgan fingerprint density at radius 3 is 2.00 bits per heavy atom. The van der Waals surface area contributed by atoms with Crippen molar-refractivity contribution in [2.75, 3.05) is 11.5 Å². The summed E-state index contributed by atoms with van der Waals surface area (Å²) in [6, 6.07) is -1.73. The molecule has 0 heterocycles. The van der Waals surface area contributed by atoms with E-state index in [-0.39, 0.29) is 17.6 Å². The van der Waals surface area contributed by atoms with Crippen molar-refractivity contribution in [1.82, 2.24) is 10.6 Å². The lowest BCUT2D eigenvalue weighted by atomic mass is 9.98. The summed E-state index contributed by atoms with van der Waals surface area (Å²) in [6.45, 7) is 13.6. The third-order valence-corrected chi connectivity index (χ3v) is 6.40. The molecule has 0 aliphatic rings. The number of hydrogen-bond acceptors (Lipinski definition) is 4. The standard InChI is InChI=1S/C26H44N2O4S/c1-8-21(6)24(27-22(7)29)25(30)28-23(26(31)32)17-33-16-15-20(5)14-10-13-19(4)12-9-11-18(2)3/h11,13,15,21,23-24H,8-10,12,14,16-17H2,1-7H3,(H,27,29)(H,28,30)(H,31,32)/b19-13+,20-15+/t21-,23-,24?/m0/s1. The third-order valence-electron chi connectivity index (χ3n) is 5.43. The average molecular weight is 481 g/mol. The van der Waals surface area contributed by atoms with E-state index in [2.05, 4.69) is 56.6 Å². The number of hydrogen-bond donors (Lipinski definition) is 3. The van der Waals surface area contributed by atoms with Gasteiger partial charge in [-0.15, -0.1) is 0 Å². The van der Waals surface area contributed by atoms with Gasteiger partial charge in [-0.3, -0.25) is 9.59 Å². The van der Waals surface area contributed by atoms with Gasteiger partial charge in [0.2, 0.25) is 11.8 Å². The Kier molecular flexibility index (Phi) is 16.4. The zero-order chi connectivity index (χ0) is 25.4. The second-order valence-corrected chi connectivity index (χ2v) is 10.0. The summed E-state index contributed by atoms with van der Waals surface area (Å²) in [4.78, 5) is 35.6. The minimum Gasteiger partial charge on any atom is -0.480 e. The molecule has 6 nitrogen and oxygen atoms in total. The van der Waals surface area contributed by atoms with Crippen LogP contribution < -0.4 is 10.6 Å². The number of allylic oxidation sites excluding steroid dienone is 5. The van der Waals surface area contributed by atoms with Gasteiger partial charge in [0.1, 0.15) is 12.1 Å². The molecular formula is C26H44N2O4S. The quantitative estimate of drug-likeness (QED) is 0.207. The molecule has 188 valence electrons. The summed E-state index contributed by atoms with van der Waals surface area (Å²) in [7, 11) is 0. The molecule has 33 heavy (non-hydrogen) atoms. The Morgan fingerprint density at radius 1 is 0.909 bits per heavy atom. The number of carbonyl (C=O) groups excluding carboxylic acids is 2. The van der Waals surface area contributed by atoms with Gasteiger partial charge < -0.3 is 15.7 Å². The predicted octanol–water partition coefficient (Wildman–Crippen LogP) is 5.26. The first-order valence-electron chi connectivity index (χ1n) is 11.8. The molecule has 2 amide bonds. The Bertz CT molecular complexity index is 724. The first-order chi connectivity index (χ1) is 15.5. The van der Waals surface area contributed by atoms with Crippen molar-refractivity contribution in [2.45, 2.75) is 92.7 Å². The summed E-state index contributed by atoms with van der Waals surface area (Å²) in [5.41, 5.74) is 4.03. The second-order valence-electron chi connectivity index (χ2n) is 8.96. The molecule has 0 aliphatic heterocycles. The van der Waals surface area contributed by atoms with Gasteiger partial charge in [0.15, 0.2) is 0 Å². The zero-order valence-electron chi connectivity index (χ0n) is 21.5. The van der Waals surface area contributed by atoms with Gasteiger partial charge >= 0.3 is 5.97 Å². The van der Waals surface area contributed by atoms with Crippen LogP contribution in [0.4, 0.5) is 0 Å². The molecule has 1 unspecified atom stereocenters. The molecular weight excluding hydrogens is 436 g/mol. The van der Waals surface area contributed by atoms with E-state index in [9.17, 15) is 19.5 Å². The van der Waals surface area contributed by atoms with E-state index in [1.54, 1.807) is 0 Å². The van der Waals surface area contributed by atoms with E-state index in [1.165, 1.54) is 35.4 Å². The van der Waals surface area contributed by atoms with Crippen molar-refractivity contribution in [2.24, 2.45) is 5.92 Å². The monoisotopic (exact) mass is 480 g/mol. The molecule has 0 spiro atoms. The van der Waals surface area contributed by atoms with Crippen LogP contribution in [-0.2, 0) is 14.4 Å². The molecule has 0 saturated carbocycles. The molecule has 0 aromatic rings. The lowest BCUT2D eigenvalue weighted by Crippen LogP contribution is -2.54. The number of amides is 2. The minimum absolute atomic E-state index is 0.0912. The van der Waals surface area contributed by atoms with Crippen molar-refractivity contribution >= 4 is 29.5 Å². The summed E-state index contributed by atoms with van der Waals surface area (Å²) in [5, 5.41) is 14.7. The Morgan fingerprint density at radius 2 is 1.48 bits per heavy atom. The molecule has 7 heteroatoms. The molecule has 3 N–H and O–H groups in total. The van der Waals surface area contributed by atoms with Crippen LogP contribution in [0.15, 0.2) is 34.9 Å². The summed E-state index contributed by atoms with van der Waals surface area (Å²) in [6.07, 6.45) is 11.5. The maximum atomic E-state index is 12.6. The number of carboxylic acid groups (broad SMARTS) is 1. The molecule has 3 atom stereocenters. The van der Waals surface area contributed by atoms with Crippen LogP contribution in [0.2, 0.25) is 0 Å². The topological polar surface area (TPSA) is 95.5 Å². The summed E-state index contributed by atoms with van der Waals surface area (Å²) >= 11 is 1.47. The van der Waals surface area contributed by atoms with Crippen LogP contribution in [0.25, 0.3) is 0 Å². The predicted molar refractivity (Wildman–Crippen MR) is 139 cm³/mol. The van der Waals surface area contributed by atoms with E-state index in [4.69, 9.17) is 0 Å². The highest BCUT2D eigenvalue weighted by Gasteiger charge is 2.28. The highest BCUT2D eigenvalue weighted by atomic mass is 32.2. The normalized spacial score (nSPS) is 14.8. The van der Waals surface area contributed by atoms with E-state index < -0.39 is 24.0 Å². The second kappa shape index (κ2) is 17.5. The van der Waals surface area contributed by atoms with Gasteiger partial charge in [0, 0.05) is 18.4 Å². The maximum Gasteiger partial charge on any atom is 0.327 e. The lowest BCUT2D eigenvalue weighted by Gasteiger charge is -2.24. The number of carboxylic acids is 1. The third kappa shape index (κ3) is 15.4. The van der Waals surface area contributed by atoms with E-state index in [0.29, 0.717) is 12.2 Å². The van der Waals surface area contributed by atoms with Crippen LogP contribution in [0, 0.1) is 5.92 Å². The SMILES string of the molecule is CC[C@H](C)C(NC(C)=O)C(=O)N[C@@H](CSC/C=C(\C)CC/C=C(\C)CCC=C(C)C)C(=O)O. The number of thioether (sulfide) groups is 1. The fourth-order valence-electron chi connectivity index (χ4n) is 3.08. The lowest BCUT2D eigenvalue weighted by molar-refractivity contribution is -0.141. The average Bonchev–Trinajstić information content (AvgIpc) is 2.72. The van der Waals surface area contributed by atoms with Crippen molar-refractivity contribution in [3.8, 4) is 0 Å². The summed E-state index contributed by atoms with van der Waals surface area (Å²) in [5.74, 6) is -0.972. The highest BCUT2D eigenvalue weighted by molar-refractivity contribution is 7.99. The molecule has 0 saturated heterocycles. The van der Waals surface area contributed by atoms with E-state index >= 15 is 0 Å². The molecule has 0 radical (unpaired) electrons. The minimum atomic E-state index is -1.07. The van der Waals surface area contributed by atoms with Gasteiger partial charge in [-0.2, -0.15) is 11.8 Å². The largest absolute Gasteiger partial charge is 0.480 e. The van der Waals surface area contributed by atoms with Gasteiger partial charge in [0.05, 0.1) is 0 Å². The molecule has 0 aromatic heterocycles. The van der Waals surface area contributed by atoms with Crippen molar-refractivity contribution in [3.63, 3.8) is 0 Å². The first kappa shape index (κ1) is 31.0. The van der Waals surface area contributed by atoms with Crippen LogP contribution in [-0.4, -0.2) is 46.5 Å². The molecule has 0 aliphatic carbocycles. The Labute approximate surface area is 204 Å². The molecule has 0 aromatic carbocycles. The highest BCUT2D eigenvalue weighted by Crippen LogP contribution is 2.14. The van der Waals surface area contributed by atoms with Crippen LogP contribution in [0.1, 0.15) is 80.6 Å². The van der Waals surface area contributed by atoms with E-state index in [0.717, 1.165) is 25.7 Å². The van der Waals surface area contributed by atoms with Crippen LogP contribution in [0.5, 0.6) is 0 Å². The van der Waals surface area contributed by atoms with E-state index in [1.807, 2.05) is 13.8 Å². The number of aliphatic carboxylic acids is 1. The smallest absolute Gasteiger partial charge is 0.327 e. The molecule has 0 bridgehead atoms. The van der Waals surface area contributed by atoms with Crippen molar-refractivity contribution in [3.05, 3.63) is 34.9 Å². The number of rotatable bonds is 16. The van der Waals surface area contributed by atoms with Crippen molar-refractivity contribution in [1.29, 1.82) is 0 Å². The van der Waals surface area contributed by atoms with Gasteiger partial charge in [-0.05, 0) is 59.3 Å². The van der Waals surface area contributed by atoms with Gasteiger partial charge in [-0.25, -0.2) is 4.79 Å².